The minimum absolute atomic E-state index is 0.0507. The van der Waals surface area contributed by atoms with Crippen molar-refractivity contribution in [1.82, 2.24) is 14.6 Å². The Labute approximate surface area is 138 Å². The van der Waals surface area contributed by atoms with Crippen LogP contribution in [0.15, 0.2) is 35.5 Å². The SMILES string of the molecule is O=S(=O)(c1cccc2cncc(C(F)F)c12)N1CCC2NCCC21. The van der Waals surface area contributed by atoms with E-state index in [0.717, 1.165) is 25.6 Å². The Bertz CT molecular complexity index is 883. The first kappa shape index (κ1) is 15.9. The summed E-state index contributed by atoms with van der Waals surface area (Å²) in [4.78, 5) is 3.76. The van der Waals surface area contributed by atoms with Gasteiger partial charge < -0.3 is 5.32 Å². The standard InChI is InChI=1S/C16H17F2N3O2S/c17-16(18)11-9-19-8-10-2-1-3-14(15(10)11)24(22,23)21-7-5-12-13(21)4-6-20-12/h1-3,8-9,12-13,16,20H,4-7H2. The Balaban J connectivity index is 1.90. The molecule has 0 bridgehead atoms. The number of fused-ring (bicyclic) bond motifs is 2. The van der Waals surface area contributed by atoms with Crippen molar-refractivity contribution in [2.75, 3.05) is 13.1 Å². The molecule has 1 aromatic heterocycles. The summed E-state index contributed by atoms with van der Waals surface area (Å²) in [6, 6.07) is 4.66. The second-order valence-electron chi connectivity index (χ2n) is 6.20. The molecule has 3 heterocycles. The van der Waals surface area contributed by atoms with E-state index in [-0.39, 0.29) is 27.9 Å². The van der Waals surface area contributed by atoms with E-state index in [1.165, 1.54) is 16.6 Å². The number of halogens is 2. The number of sulfonamides is 1. The molecule has 2 unspecified atom stereocenters. The predicted octanol–water partition coefficient (Wildman–Crippen LogP) is 2.30. The van der Waals surface area contributed by atoms with Gasteiger partial charge in [-0.15, -0.1) is 0 Å². The lowest BCUT2D eigenvalue weighted by atomic mass is 10.1. The lowest BCUT2D eigenvalue weighted by Gasteiger charge is -2.24. The summed E-state index contributed by atoms with van der Waals surface area (Å²) in [7, 11) is -3.84. The molecular formula is C16H17F2N3O2S. The first-order valence-corrected chi connectivity index (χ1v) is 9.34. The molecule has 8 heteroatoms. The van der Waals surface area contributed by atoms with E-state index in [0.29, 0.717) is 11.9 Å². The summed E-state index contributed by atoms with van der Waals surface area (Å²) in [5.74, 6) is 0. The number of rotatable bonds is 3. The van der Waals surface area contributed by atoms with Gasteiger partial charge in [0.1, 0.15) is 0 Å². The van der Waals surface area contributed by atoms with Crippen molar-refractivity contribution in [3.63, 3.8) is 0 Å². The van der Waals surface area contributed by atoms with E-state index in [1.54, 1.807) is 12.1 Å². The quantitative estimate of drug-likeness (QED) is 0.920. The van der Waals surface area contributed by atoms with Gasteiger partial charge in [-0.3, -0.25) is 4.98 Å². The average molecular weight is 353 g/mol. The molecule has 2 saturated heterocycles. The molecule has 2 fully saturated rings. The fourth-order valence-corrected chi connectivity index (χ4v) is 5.81. The molecule has 0 aliphatic carbocycles. The van der Waals surface area contributed by atoms with Gasteiger partial charge in [-0.2, -0.15) is 4.31 Å². The normalized spacial score (nSPS) is 24.8. The molecule has 2 aliphatic rings. The Kier molecular flexibility index (Phi) is 3.78. The topological polar surface area (TPSA) is 62.3 Å². The lowest BCUT2D eigenvalue weighted by molar-refractivity contribution is 0.152. The summed E-state index contributed by atoms with van der Waals surface area (Å²) >= 11 is 0. The highest BCUT2D eigenvalue weighted by Crippen LogP contribution is 2.36. The van der Waals surface area contributed by atoms with E-state index in [4.69, 9.17) is 0 Å². The largest absolute Gasteiger partial charge is 0.312 e. The van der Waals surface area contributed by atoms with Crippen LogP contribution in [0.25, 0.3) is 10.8 Å². The van der Waals surface area contributed by atoms with Crippen LogP contribution >= 0.6 is 0 Å². The van der Waals surface area contributed by atoms with E-state index < -0.39 is 16.4 Å². The van der Waals surface area contributed by atoms with Gasteiger partial charge in [0, 0.05) is 47.4 Å². The van der Waals surface area contributed by atoms with Gasteiger partial charge in [-0.1, -0.05) is 12.1 Å². The van der Waals surface area contributed by atoms with Crippen molar-refractivity contribution in [1.29, 1.82) is 0 Å². The van der Waals surface area contributed by atoms with Gasteiger partial charge in [-0.05, 0) is 25.5 Å². The van der Waals surface area contributed by atoms with Gasteiger partial charge in [0.2, 0.25) is 10.0 Å². The third-order valence-corrected chi connectivity index (χ3v) is 6.90. The van der Waals surface area contributed by atoms with Gasteiger partial charge in [-0.25, -0.2) is 17.2 Å². The van der Waals surface area contributed by atoms with Gasteiger partial charge in [0.05, 0.1) is 4.90 Å². The first-order chi connectivity index (χ1) is 11.5. The number of nitrogens with zero attached hydrogens (tertiary/aromatic N) is 2. The Morgan fingerprint density at radius 2 is 2.08 bits per heavy atom. The molecule has 0 spiro atoms. The van der Waals surface area contributed by atoms with Gasteiger partial charge in [0.15, 0.2) is 0 Å². The third-order valence-electron chi connectivity index (χ3n) is 4.94. The molecule has 0 radical (unpaired) electrons. The minimum Gasteiger partial charge on any atom is -0.312 e. The molecule has 2 aromatic rings. The number of aromatic nitrogens is 1. The molecule has 24 heavy (non-hydrogen) atoms. The summed E-state index contributed by atoms with van der Waals surface area (Å²) in [5, 5.41) is 3.79. The molecule has 128 valence electrons. The molecule has 2 aliphatic heterocycles. The van der Waals surface area contributed by atoms with E-state index >= 15 is 0 Å². The van der Waals surface area contributed by atoms with Crippen LogP contribution in [-0.4, -0.2) is 42.9 Å². The molecule has 1 N–H and O–H groups in total. The highest BCUT2D eigenvalue weighted by atomic mass is 32.2. The maximum atomic E-state index is 13.4. The van der Waals surface area contributed by atoms with E-state index in [1.807, 2.05) is 0 Å². The maximum Gasteiger partial charge on any atom is 0.265 e. The highest BCUT2D eigenvalue weighted by Gasteiger charge is 2.44. The molecule has 5 nitrogen and oxygen atoms in total. The summed E-state index contributed by atoms with van der Waals surface area (Å²) in [5.41, 5.74) is -0.341. The molecule has 0 saturated carbocycles. The number of hydrogen-bond acceptors (Lipinski definition) is 4. The first-order valence-electron chi connectivity index (χ1n) is 7.90. The van der Waals surface area contributed by atoms with E-state index in [9.17, 15) is 17.2 Å². The van der Waals surface area contributed by atoms with Crippen molar-refractivity contribution in [3.05, 3.63) is 36.2 Å². The highest BCUT2D eigenvalue weighted by molar-refractivity contribution is 7.89. The number of alkyl halides is 2. The maximum absolute atomic E-state index is 13.4. The van der Waals surface area contributed by atoms with E-state index in [2.05, 4.69) is 10.3 Å². The average Bonchev–Trinajstić information content (AvgIpc) is 3.16. The van der Waals surface area contributed by atoms with Crippen LogP contribution in [0, 0.1) is 0 Å². The van der Waals surface area contributed by atoms with Crippen molar-refractivity contribution in [3.8, 4) is 0 Å². The van der Waals surface area contributed by atoms with Crippen molar-refractivity contribution in [2.24, 2.45) is 0 Å². The Hall–Kier alpha value is -1.64. The minimum atomic E-state index is -3.84. The number of pyridine rings is 1. The Morgan fingerprint density at radius 1 is 1.25 bits per heavy atom. The molecule has 4 rings (SSSR count). The second-order valence-corrected chi connectivity index (χ2v) is 8.06. The molecule has 0 amide bonds. The van der Waals surface area contributed by atoms with Crippen molar-refractivity contribution >= 4 is 20.8 Å². The monoisotopic (exact) mass is 353 g/mol. The fraction of sp³-hybridized carbons (Fsp3) is 0.438. The van der Waals surface area contributed by atoms with Gasteiger partial charge >= 0.3 is 0 Å². The van der Waals surface area contributed by atoms with Crippen LogP contribution in [0.1, 0.15) is 24.8 Å². The number of nitrogens with one attached hydrogen (secondary N) is 1. The zero-order valence-corrected chi connectivity index (χ0v) is 13.6. The van der Waals surface area contributed by atoms with Crippen LogP contribution < -0.4 is 5.32 Å². The molecule has 1 aromatic carbocycles. The molecule has 2 atom stereocenters. The van der Waals surface area contributed by atoms with Crippen LogP contribution in [0.4, 0.5) is 8.78 Å². The zero-order chi connectivity index (χ0) is 16.9. The van der Waals surface area contributed by atoms with Crippen LogP contribution in [0.3, 0.4) is 0 Å². The second kappa shape index (κ2) is 5.72. The van der Waals surface area contributed by atoms with Crippen LogP contribution in [-0.2, 0) is 10.0 Å². The number of benzene rings is 1. The summed E-state index contributed by atoms with van der Waals surface area (Å²) in [6.07, 6.45) is 1.19. The molecular weight excluding hydrogens is 336 g/mol. The lowest BCUT2D eigenvalue weighted by Crippen LogP contribution is -2.38. The summed E-state index contributed by atoms with van der Waals surface area (Å²) < 4.78 is 54.7. The predicted molar refractivity (Wildman–Crippen MR) is 85.4 cm³/mol. The fourth-order valence-electron chi connectivity index (χ4n) is 3.86. The van der Waals surface area contributed by atoms with Gasteiger partial charge in [0.25, 0.3) is 6.43 Å². The van der Waals surface area contributed by atoms with Crippen LogP contribution in [0.5, 0.6) is 0 Å². The third kappa shape index (κ3) is 2.32. The van der Waals surface area contributed by atoms with Crippen molar-refractivity contribution < 1.29 is 17.2 Å². The van der Waals surface area contributed by atoms with Crippen molar-refractivity contribution in [2.45, 2.75) is 36.2 Å². The Morgan fingerprint density at radius 3 is 2.88 bits per heavy atom. The summed E-state index contributed by atoms with van der Waals surface area (Å²) in [6.45, 7) is 1.19. The smallest absolute Gasteiger partial charge is 0.265 e. The van der Waals surface area contributed by atoms with Crippen LogP contribution in [0.2, 0.25) is 0 Å². The zero-order valence-electron chi connectivity index (χ0n) is 12.8. The number of hydrogen-bond donors (Lipinski definition) is 1.